The van der Waals surface area contributed by atoms with Crippen molar-refractivity contribution in [2.45, 2.75) is 186 Å². The molecule has 0 aliphatic rings. The van der Waals surface area contributed by atoms with Gasteiger partial charge in [-0.05, 0) is 6.42 Å². The monoisotopic (exact) mass is 451 g/mol. The first-order chi connectivity index (χ1) is 15.8. The predicted octanol–water partition coefficient (Wildman–Crippen LogP) is 10.0. The van der Waals surface area contributed by atoms with Crippen LogP contribution in [0, 0.1) is 0 Å². The van der Waals surface area contributed by atoms with Crippen LogP contribution in [0.2, 0.25) is 0 Å². The summed E-state index contributed by atoms with van der Waals surface area (Å²) in [6.45, 7) is 2.30. The van der Waals surface area contributed by atoms with Crippen LogP contribution in [0.4, 0.5) is 0 Å². The summed E-state index contributed by atoms with van der Waals surface area (Å²) in [5.74, 6) is 0. The molecule has 0 saturated carbocycles. The second kappa shape index (κ2) is 28.7. The minimum atomic E-state index is -0.857. The molecular weight excluding hydrogens is 392 g/mol. The largest absolute Gasteiger partial charge is 0.385 e. The molecule has 32 heavy (non-hydrogen) atoms. The maximum Gasteiger partial charge on any atom is 0.229 e. The second-order valence-corrected chi connectivity index (χ2v) is 10.3. The van der Waals surface area contributed by atoms with Crippen molar-refractivity contribution in [3.05, 3.63) is 0 Å². The van der Waals surface area contributed by atoms with Crippen LogP contribution in [0.25, 0.3) is 0 Å². The van der Waals surface area contributed by atoms with Crippen LogP contribution in [-0.4, -0.2) is 17.5 Å². The Balaban J connectivity index is 3.02. The van der Waals surface area contributed by atoms with E-state index in [1.807, 2.05) is 0 Å². The zero-order valence-electron chi connectivity index (χ0n) is 22.0. The first-order valence-electron chi connectivity index (χ1n) is 14.9. The smallest absolute Gasteiger partial charge is 0.229 e. The fourth-order valence-electron chi connectivity index (χ4n) is 4.71. The predicted molar refractivity (Wildman–Crippen MR) is 142 cm³/mol. The van der Waals surface area contributed by atoms with Crippen LogP contribution < -0.4 is 0 Å². The van der Waals surface area contributed by atoms with Crippen molar-refractivity contribution in [1.82, 2.24) is 0 Å². The quantitative estimate of drug-likeness (QED) is 0.120. The molecule has 0 fully saturated rings. The molecule has 2 nitrogen and oxygen atoms in total. The molecule has 2 heteroatoms. The molecule has 0 aromatic heterocycles. The van der Waals surface area contributed by atoms with E-state index in [1.54, 1.807) is 6.29 Å². The van der Waals surface area contributed by atoms with E-state index in [2.05, 4.69) is 6.92 Å². The van der Waals surface area contributed by atoms with Crippen LogP contribution in [0.3, 0.4) is 0 Å². The highest BCUT2D eigenvalue weighted by molar-refractivity contribution is 5.56. The molecule has 0 spiro atoms. The SMILES string of the molecule is CCCCCCCCCCCCCCCCCCCCCCCCCCCCC(O)[C]=O. The van der Waals surface area contributed by atoms with Gasteiger partial charge in [-0.15, -0.1) is 0 Å². The lowest BCUT2D eigenvalue weighted by atomic mass is 10.0. The highest BCUT2D eigenvalue weighted by Gasteiger charge is 2.01. The van der Waals surface area contributed by atoms with Crippen LogP contribution in [0.15, 0.2) is 0 Å². The average molecular weight is 452 g/mol. The van der Waals surface area contributed by atoms with E-state index in [9.17, 15) is 4.79 Å². The molecule has 1 unspecified atom stereocenters. The Morgan fingerprint density at radius 3 is 0.875 bits per heavy atom. The number of aliphatic hydroxyl groups is 1. The average Bonchev–Trinajstić information content (AvgIpc) is 2.81. The lowest BCUT2D eigenvalue weighted by Gasteiger charge is -2.05. The zero-order valence-corrected chi connectivity index (χ0v) is 22.0. The number of aliphatic hydroxyl groups excluding tert-OH is 1. The minimum absolute atomic E-state index is 0.586. The second-order valence-electron chi connectivity index (χ2n) is 10.3. The van der Waals surface area contributed by atoms with E-state index < -0.39 is 6.10 Å². The summed E-state index contributed by atoms with van der Waals surface area (Å²) in [7, 11) is 0. The van der Waals surface area contributed by atoms with Gasteiger partial charge in [0.1, 0.15) is 6.10 Å². The molecule has 0 heterocycles. The number of rotatable bonds is 28. The van der Waals surface area contributed by atoms with Gasteiger partial charge in [-0.25, -0.2) is 0 Å². The zero-order chi connectivity index (χ0) is 23.4. The summed E-state index contributed by atoms with van der Waals surface area (Å²) in [6, 6.07) is 0. The molecule has 1 atom stereocenters. The van der Waals surface area contributed by atoms with E-state index in [1.165, 1.54) is 154 Å². The summed E-state index contributed by atoms with van der Waals surface area (Å²) in [5, 5.41) is 9.12. The fourth-order valence-corrected chi connectivity index (χ4v) is 4.71. The summed E-state index contributed by atoms with van der Waals surface area (Å²) >= 11 is 0. The van der Waals surface area contributed by atoms with Crippen molar-refractivity contribution in [2.75, 3.05) is 0 Å². The van der Waals surface area contributed by atoms with Crippen molar-refractivity contribution in [3.8, 4) is 0 Å². The topological polar surface area (TPSA) is 37.3 Å². The van der Waals surface area contributed by atoms with Gasteiger partial charge in [-0.3, -0.25) is 4.79 Å². The molecule has 0 rings (SSSR count). The van der Waals surface area contributed by atoms with Gasteiger partial charge in [0, 0.05) is 0 Å². The highest BCUT2D eigenvalue weighted by Crippen LogP contribution is 2.16. The van der Waals surface area contributed by atoms with Crippen LogP contribution in [0.1, 0.15) is 180 Å². The van der Waals surface area contributed by atoms with Crippen LogP contribution >= 0.6 is 0 Å². The van der Waals surface area contributed by atoms with Gasteiger partial charge in [0.15, 0.2) is 0 Å². The van der Waals surface area contributed by atoms with Gasteiger partial charge in [-0.2, -0.15) is 0 Å². The molecule has 191 valence electrons. The van der Waals surface area contributed by atoms with E-state index in [0.29, 0.717) is 6.42 Å². The van der Waals surface area contributed by atoms with Gasteiger partial charge in [-0.1, -0.05) is 174 Å². The van der Waals surface area contributed by atoms with Crippen molar-refractivity contribution in [3.63, 3.8) is 0 Å². The third-order valence-corrected chi connectivity index (χ3v) is 6.97. The van der Waals surface area contributed by atoms with Gasteiger partial charge in [0.05, 0.1) is 0 Å². The third-order valence-electron chi connectivity index (χ3n) is 6.97. The summed E-state index contributed by atoms with van der Waals surface area (Å²) < 4.78 is 0. The molecular formula is C30H59O2. The molecule has 0 bridgehead atoms. The summed E-state index contributed by atoms with van der Waals surface area (Å²) in [5.41, 5.74) is 0. The molecule has 1 N–H and O–H groups in total. The highest BCUT2D eigenvalue weighted by atomic mass is 16.3. The summed E-state index contributed by atoms with van der Waals surface area (Å²) in [4.78, 5) is 10.2. The number of hydrogen-bond acceptors (Lipinski definition) is 2. The maximum atomic E-state index is 10.2. The normalized spacial score (nSPS) is 12.3. The number of carbonyl (C=O) groups excluding carboxylic acids is 1. The fraction of sp³-hybridized carbons (Fsp3) is 0.967. The number of unbranched alkanes of at least 4 members (excludes halogenated alkanes) is 25. The molecule has 0 aliphatic carbocycles. The Morgan fingerprint density at radius 1 is 0.438 bits per heavy atom. The number of hydrogen-bond donors (Lipinski definition) is 1. The lowest BCUT2D eigenvalue weighted by Crippen LogP contribution is -2.06. The molecule has 0 saturated heterocycles. The minimum Gasteiger partial charge on any atom is -0.385 e. The maximum absolute atomic E-state index is 10.2. The van der Waals surface area contributed by atoms with Gasteiger partial charge < -0.3 is 5.11 Å². The van der Waals surface area contributed by atoms with Crippen molar-refractivity contribution in [2.24, 2.45) is 0 Å². The first-order valence-corrected chi connectivity index (χ1v) is 14.9. The van der Waals surface area contributed by atoms with Gasteiger partial charge in [0.25, 0.3) is 0 Å². The molecule has 0 aromatic rings. The van der Waals surface area contributed by atoms with E-state index in [0.717, 1.165) is 12.8 Å². The first kappa shape index (κ1) is 31.6. The van der Waals surface area contributed by atoms with Crippen molar-refractivity contribution >= 4 is 6.29 Å². The van der Waals surface area contributed by atoms with E-state index in [-0.39, 0.29) is 0 Å². The molecule has 0 aromatic carbocycles. The van der Waals surface area contributed by atoms with Crippen LogP contribution in [-0.2, 0) is 4.79 Å². The Hall–Kier alpha value is -0.370. The van der Waals surface area contributed by atoms with Crippen molar-refractivity contribution < 1.29 is 9.90 Å². The standard InChI is InChI=1S/C30H59O2/c1-2-3-4-5-6-7-8-9-10-11-12-13-14-15-16-17-18-19-20-21-22-23-24-25-26-27-28-30(32)29-31/h30,32H,2-28H2,1H3. The Kier molecular flexibility index (Phi) is 28.3. The van der Waals surface area contributed by atoms with Gasteiger partial charge >= 0.3 is 0 Å². The van der Waals surface area contributed by atoms with E-state index >= 15 is 0 Å². The van der Waals surface area contributed by atoms with Crippen LogP contribution in [0.5, 0.6) is 0 Å². The van der Waals surface area contributed by atoms with Crippen molar-refractivity contribution in [1.29, 1.82) is 0 Å². The van der Waals surface area contributed by atoms with Gasteiger partial charge in [0.2, 0.25) is 6.29 Å². The Morgan fingerprint density at radius 2 is 0.656 bits per heavy atom. The van der Waals surface area contributed by atoms with E-state index in [4.69, 9.17) is 5.11 Å². The Labute approximate surface area is 202 Å². The lowest BCUT2D eigenvalue weighted by molar-refractivity contribution is 0.219. The molecule has 0 aliphatic heterocycles. The molecule has 1 radical (unpaired) electrons. The third kappa shape index (κ3) is 27.7. The Bertz CT molecular complexity index is 342. The summed E-state index contributed by atoms with van der Waals surface area (Å²) in [6.07, 6.45) is 37.7. The molecule has 0 amide bonds.